The molecule has 6 nitrogen and oxygen atoms in total. The second kappa shape index (κ2) is 6.37. The molecule has 2 aromatic rings. The van der Waals surface area contributed by atoms with E-state index in [0.717, 1.165) is 18.7 Å². The molecule has 1 aromatic carbocycles. The second-order valence-corrected chi connectivity index (χ2v) is 6.40. The quantitative estimate of drug-likeness (QED) is 0.907. The summed E-state index contributed by atoms with van der Waals surface area (Å²) in [4.78, 5) is 12.6. The van der Waals surface area contributed by atoms with Gasteiger partial charge in [0.2, 0.25) is 0 Å². The van der Waals surface area contributed by atoms with E-state index < -0.39 is 0 Å². The Kier molecular flexibility index (Phi) is 4.08. The maximum absolute atomic E-state index is 12.6. The number of methoxy groups -OCH3 is 1. The van der Waals surface area contributed by atoms with E-state index in [1.165, 1.54) is 0 Å². The lowest BCUT2D eigenvalue weighted by Crippen LogP contribution is -2.62. The van der Waals surface area contributed by atoms with Crippen molar-refractivity contribution in [2.75, 3.05) is 20.3 Å². The molecule has 24 heavy (non-hydrogen) atoms. The molecule has 126 valence electrons. The zero-order chi connectivity index (χ0) is 16.5. The van der Waals surface area contributed by atoms with Crippen LogP contribution in [0.1, 0.15) is 16.8 Å². The second-order valence-electron chi connectivity index (χ2n) is 6.40. The zero-order valence-electron chi connectivity index (χ0n) is 13.6. The lowest BCUT2D eigenvalue weighted by molar-refractivity contribution is -0.0809. The molecule has 0 unspecified atom stereocenters. The van der Waals surface area contributed by atoms with Crippen molar-refractivity contribution in [3.8, 4) is 5.69 Å². The van der Waals surface area contributed by atoms with E-state index in [9.17, 15) is 4.79 Å². The number of carbonyl (C=O) groups is 1. The van der Waals surface area contributed by atoms with Crippen molar-refractivity contribution in [2.24, 2.45) is 11.8 Å². The molecular weight excluding hydrogens is 306 g/mol. The summed E-state index contributed by atoms with van der Waals surface area (Å²) in [7, 11) is 1.69. The molecule has 6 heteroatoms. The van der Waals surface area contributed by atoms with Crippen molar-refractivity contribution in [1.29, 1.82) is 0 Å². The van der Waals surface area contributed by atoms with E-state index in [-0.39, 0.29) is 24.0 Å². The van der Waals surface area contributed by atoms with Crippen LogP contribution in [0.2, 0.25) is 0 Å². The first-order chi connectivity index (χ1) is 11.8. The highest BCUT2D eigenvalue weighted by molar-refractivity contribution is 5.94. The van der Waals surface area contributed by atoms with Crippen molar-refractivity contribution in [2.45, 2.75) is 18.6 Å². The largest absolute Gasteiger partial charge is 0.384 e. The van der Waals surface area contributed by atoms with Gasteiger partial charge in [0.1, 0.15) is 0 Å². The van der Waals surface area contributed by atoms with Gasteiger partial charge in [-0.15, -0.1) is 0 Å². The molecule has 4 rings (SSSR count). The molecule has 0 spiro atoms. The number of fused-ring (bicyclic) bond motifs is 1. The number of hydrogen-bond acceptors (Lipinski definition) is 4. The lowest BCUT2D eigenvalue weighted by Gasteiger charge is -2.47. The third-order valence-electron chi connectivity index (χ3n) is 5.08. The van der Waals surface area contributed by atoms with Crippen LogP contribution in [0.3, 0.4) is 0 Å². The summed E-state index contributed by atoms with van der Waals surface area (Å²) in [5.74, 6) is 0.616. The SMILES string of the molecule is COC[C@H]1[C@@H](NC(=O)c2ccc(-n3cccn3)cc2)[C@H]2CCO[C@H]21. The average molecular weight is 327 g/mol. The smallest absolute Gasteiger partial charge is 0.251 e. The molecule has 4 atom stereocenters. The molecule has 2 aliphatic rings. The van der Waals surface area contributed by atoms with Crippen LogP contribution in [0.4, 0.5) is 0 Å². The molecule has 1 aromatic heterocycles. The van der Waals surface area contributed by atoms with Gasteiger partial charge in [-0.05, 0) is 36.8 Å². The minimum atomic E-state index is -0.0431. The summed E-state index contributed by atoms with van der Waals surface area (Å²) < 4.78 is 12.8. The van der Waals surface area contributed by atoms with Gasteiger partial charge in [0.25, 0.3) is 5.91 Å². The van der Waals surface area contributed by atoms with Crippen LogP contribution in [-0.4, -0.2) is 48.2 Å². The van der Waals surface area contributed by atoms with Crippen LogP contribution in [0.5, 0.6) is 0 Å². The summed E-state index contributed by atoms with van der Waals surface area (Å²) >= 11 is 0. The van der Waals surface area contributed by atoms with E-state index in [4.69, 9.17) is 9.47 Å². The Morgan fingerprint density at radius 1 is 1.42 bits per heavy atom. The minimum Gasteiger partial charge on any atom is -0.384 e. The number of rotatable bonds is 5. The standard InChI is InChI=1S/C18H21N3O3/c1-23-11-15-16(14-7-10-24-17(14)15)20-18(22)12-3-5-13(6-4-12)21-9-2-8-19-21/h2-6,8-9,14-17H,7,10-11H2,1H3,(H,20,22)/t14-,15+,16+,17-/m1/s1. The molecule has 0 bridgehead atoms. The van der Waals surface area contributed by atoms with Gasteiger partial charge in [-0.3, -0.25) is 4.79 Å². The Morgan fingerprint density at radius 3 is 2.96 bits per heavy atom. The highest BCUT2D eigenvalue weighted by atomic mass is 16.5. The third-order valence-corrected chi connectivity index (χ3v) is 5.08. The molecule has 2 heterocycles. The number of ether oxygens (including phenoxy) is 2. The minimum absolute atomic E-state index is 0.0431. The Bertz CT molecular complexity index is 699. The predicted octanol–water partition coefficient (Wildman–Crippen LogP) is 1.65. The molecule has 1 saturated heterocycles. The van der Waals surface area contributed by atoms with Gasteiger partial charge in [0, 0.05) is 49.6 Å². The Morgan fingerprint density at radius 2 is 2.25 bits per heavy atom. The predicted molar refractivity (Wildman–Crippen MR) is 88.0 cm³/mol. The number of benzene rings is 1. The normalized spacial score (nSPS) is 28.2. The maximum Gasteiger partial charge on any atom is 0.251 e. The van der Waals surface area contributed by atoms with Crippen molar-refractivity contribution in [3.05, 3.63) is 48.3 Å². The van der Waals surface area contributed by atoms with Gasteiger partial charge in [0.15, 0.2) is 0 Å². The van der Waals surface area contributed by atoms with Gasteiger partial charge in [-0.1, -0.05) is 0 Å². The molecule has 1 aliphatic heterocycles. The van der Waals surface area contributed by atoms with E-state index in [1.54, 1.807) is 18.0 Å². The molecule has 1 aliphatic carbocycles. The van der Waals surface area contributed by atoms with E-state index in [2.05, 4.69) is 10.4 Å². The van der Waals surface area contributed by atoms with E-state index in [1.807, 2.05) is 36.5 Å². The van der Waals surface area contributed by atoms with Gasteiger partial charge < -0.3 is 14.8 Å². The van der Waals surface area contributed by atoms with Gasteiger partial charge in [-0.2, -0.15) is 5.10 Å². The first-order valence-corrected chi connectivity index (χ1v) is 8.29. The van der Waals surface area contributed by atoms with Crippen LogP contribution in [0, 0.1) is 11.8 Å². The third kappa shape index (κ3) is 2.61. The van der Waals surface area contributed by atoms with Crippen LogP contribution in [0.25, 0.3) is 5.69 Å². The van der Waals surface area contributed by atoms with Crippen LogP contribution in [0.15, 0.2) is 42.7 Å². The van der Waals surface area contributed by atoms with Crippen LogP contribution in [-0.2, 0) is 9.47 Å². The number of nitrogens with zero attached hydrogens (tertiary/aromatic N) is 2. The van der Waals surface area contributed by atoms with Crippen molar-refractivity contribution >= 4 is 5.91 Å². The first kappa shape index (κ1) is 15.4. The van der Waals surface area contributed by atoms with E-state index in [0.29, 0.717) is 18.1 Å². The fourth-order valence-corrected chi connectivity index (χ4v) is 3.86. The highest BCUT2D eigenvalue weighted by Crippen LogP contribution is 2.43. The molecule has 2 fully saturated rings. The fourth-order valence-electron chi connectivity index (χ4n) is 3.86. The number of amides is 1. The Hall–Kier alpha value is -2.18. The van der Waals surface area contributed by atoms with Crippen LogP contribution < -0.4 is 5.32 Å². The summed E-state index contributed by atoms with van der Waals surface area (Å²) in [6, 6.07) is 9.47. The first-order valence-electron chi connectivity index (χ1n) is 8.29. The van der Waals surface area contributed by atoms with Gasteiger partial charge in [-0.25, -0.2) is 4.68 Å². The topological polar surface area (TPSA) is 65.4 Å². The van der Waals surface area contributed by atoms with Crippen molar-refractivity contribution < 1.29 is 14.3 Å². The Labute approximate surface area is 140 Å². The molecular formula is C18H21N3O3. The Balaban J connectivity index is 1.44. The summed E-state index contributed by atoms with van der Waals surface area (Å²) in [5, 5.41) is 7.36. The highest BCUT2D eigenvalue weighted by Gasteiger charge is 2.54. The van der Waals surface area contributed by atoms with E-state index >= 15 is 0 Å². The monoisotopic (exact) mass is 327 g/mol. The maximum atomic E-state index is 12.6. The molecule has 1 saturated carbocycles. The fraction of sp³-hybridized carbons (Fsp3) is 0.444. The zero-order valence-corrected chi connectivity index (χ0v) is 13.6. The summed E-state index contributed by atoms with van der Waals surface area (Å²) in [6.45, 7) is 1.39. The average Bonchev–Trinajstić information content (AvgIpc) is 3.28. The van der Waals surface area contributed by atoms with Gasteiger partial charge >= 0.3 is 0 Å². The summed E-state index contributed by atoms with van der Waals surface area (Å²) in [5.41, 5.74) is 1.59. The number of carbonyl (C=O) groups excluding carboxylic acids is 1. The molecule has 0 radical (unpaired) electrons. The number of aromatic nitrogens is 2. The molecule has 1 N–H and O–H groups in total. The van der Waals surface area contributed by atoms with Crippen LogP contribution >= 0.6 is 0 Å². The number of hydrogen-bond donors (Lipinski definition) is 1. The van der Waals surface area contributed by atoms with Crippen molar-refractivity contribution in [1.82, 2.24) is 15.1 Å². The van der Waals surface area contributed by atoms with Crippen molar-refractivity contribution in [3.63, 3.8) is 0 Å². The number of nitrogens with one attached hydrogen (secondary N) is 1. The molecule has 1 amide bonds. The van der Waals surface area contributed by atoms with Gasteiger partial charge in [0.05, 0.1) is 18.4 Å². The summed E-state index contributed by atoms with van der Waals surface area (Å²) in [6.07, 6.45) is 4.85. The lowest BCUT2D eigenvalue weighted by atomic mass is 9.67.